The molecule has 0 saturated carbocycles. The third-order valence-corrected chi connectivity index (χ3v) is 5.03. The summed E-state index contributed by atoms with van der Waals surface area (Å²) in [5.41, 5.74) is 0. The molecule has 0 heterocycles. The molecule has 0 saturated heterocycles. The van der Waals surface area contributed by atoms with E-state index in [9.17, 15) is 9.59 Å². The van der Waals surface area contributed by atoms with E-state index in [0.29, 0.717) is 6.42 Å². The number of aliphatic carboxylic acids is 2. The van der Waals surface area contributed by atoms with Gasteiger partial charge in [0.25, 0.3) is 0 Å². The number of hydrogen-bond donors (Lipinski definition) is 2. The van der Waals surface area contributed by atoms with Gasteiger partial charge in [0.2, 0.25) is 0 Å². The Balaban J connectivity index is 3.24. The molecule has 0 fully saturated rings. The fraction of sp³-hybridized carbons (Fsp3) is 0.905. The van der Waals surface area contributed by atoms with Gasteiger partial charge in [-0.3, -0.25) is 9.59 Å². The Bertz CT molecular complexity index is 339. The standard InChI is InChI=1S/C21H40O4/c1-18(2)19(21(24)25)16-14-12-10-8-6-4-3-5-7-9-11-13-15-17-20(22)23/h18-19H,3-17H2,1-2H3,(H,22,23)(H,24,25). The summed E-state index contributed by atoms with van der Waals surface area (Å²) in [5, 5.41) is 17.7. The van der Waals surface area contributed by atoms with Crippen molar-refractivity contribution in [1.29, 1.82) is 0 Å². The van der Waals surface area contributed by atoms with Crippen LogP contribution in [-0.2, 0) is 9.59 Å². The van der Waals surface area contributed by atoms with Crippen molar-refractivity contribution in [1.82, 2.24) is 0 Å². The zero-order valence-electron chi connectivity index (χ0n) is 16.5. The first kappa shape index (κ1) is 23.9. The molecule has 0 aromatic rings. The van der Waals surface area contributed by atoms with Gasteiger partial charge in [0.05, 0.1) is 5.92 Å². The number of unbranched alkanes of at least 4 members (excludes halogenated alkanes) is 12. The van der Waals surface area contributed by atoms with Gasteiger partial charge < -0.3 is 10.2 Å². The van der Waals surface area contributed by atoms with E-state index in [4.69, 9.17) is 10.2 Å². The quantitative estimate of drug-likeness (QED) is 0.283. The second-order valence-electron chi connectivity index (χ2n) is 7.72. The molecule has 0 aliphatic heterocycles. The van der Waals surface area contributed by atoms with E-state index in [2.05, 4.69) is 0 Å². The second-order valence-corrected chi connectivity index (χ2v) is 7.72. The van der Waals surface area contributed by atoms with Crippen molar-refractivity contribution in [3.63, 3.8) is 0 Å². The number of carbonyl (C=O) groups is 2. The molecular formula is C21H40O4. The molecule has 0 aliphatic carbocycles. The SMILES string of the molecule is CC(C)C(CCCCCCCCCCCCCCCC(=O)O)C(=O)O. The van der Waals surface area contributed by atoms with Crippen LogP contribution in [0.5, 0.6) is 0 Å². The second kappa shape index (κ2) is 16.4. The predicted molar refractivity (Wildman–Crippen MR) is 103 cm³/mol. The van der Waals surface area contributed by atoms with Gasteiger partial charge in [0, 0.05) is 6.42 Å². The number of rotatable bonds is 18. The molecule has 4 heteroatoms. The molecule has 1 atom stereocenters. The molecule has 0 aromatic carbocycles. The van der Waals surface area contributed by atoms with E-state index in [-0.39, 0.29) is 11.8 Å². The highest BCUT2D eigenvalue weighted by Gasteiger charge is 2.20. The third-order valence-electron chi connectivity index (χ3n) is 5.03. The van der Waals surface area contributed by atoms with Crippen molar-refractivity contribution < 1.29 is 19.8 Å². The molecule has 1 unspecified atom stereocenters. The lowest BCUT2D eigenvalue weighted by Crippen LogP contribution is -2.19. The van der Waals surface area contributed by atoms with Crippen molar-refractivity contribution in [3.8, 4) is 0 Å². The van der Waals surface area contributed by atoms with Crippen molar-refractivity contribution in [2.75, 3.05) is 0 Å². The topological polar surface area (TPSA) is 74.6 Å². The highest BCUT2D eigenvalue weighted by molar-refractivity contribution is 5.70. The van der Waals surface area contributed by atoms with Crippen LogP contribution >= 0.6 is 0 Å². The van der Waals surface area contributed by atoms with Gasteiger partial charge in [-0.2, -0.15) is 0 Å². The molecule has 0 aliphatic rings. The van der Waals surface area contributed by atoms with E-state index in [0.717, 1.165) is 32.1 Å². The van der Waals surface area contributed by atoms with Gasteiger partial charge in [-0.1, -0.05) is 90.9 Å². The number of carboxylic acid groups (broad SMARTS) is 2. The van der Waals surface area contributed by atoms with Crippen molar-refractivity contribution in [2.45, 2.75) is 110 Å². The van der Waals surface area contributed by atoms with Crippen LogP contribution in [0.15, 0.2) is 0 Å². The lowest BCUT2D eigenvalue weighted by molar-refractivity contribution is -0.143. The highest BCUT2D eigenvalue weighted by atomic mass is 16.4. The Hall–Kier alpha value is -1.06. The minimum atomic E-state index is -0.679. The van der Waals surface area contributed by atoms with Crippen LogP contribution in [0.1, 0.15) is 110 Å². The van der Waals surface area contributed by atoms with E-state index < -0.39 is 11.9 Å². The van der Waals surface area contributed by atoms with Crippen LogP contribution in [0.2, 0.25) is 0 Å². The van der Waals surface area contributed by atoms with Crippen molar-refractivity contribution in [3.05, 3.63) is 0 Å². The summed E-state index contributed by atoms with van der Waals surface area (Å²) in [5.74, 6) is -1.27. The third kappa shape index (κ3) is 16.2. The summed E-state index contributed by atoms with van der Waals surface area (Å²) >= 11 is 0. The van der Waals surface area contributed by atoms with Gasteiger partial charge in [0.15, 0.2) is 0 Å². The monoisotopic (exact) mass is 356 g/mol. The zero-order chi connectivity index (χ0) is 18.9. The van der Waals surface area contributed by atoms with Gasteiger partial charge in [-0.05, 0) is 18.8 Å². The maximum absolute atomic E-state index is 11.1. The molecule has 0 aromatic heterocycles. The predicted octanol–water partition coefficient (Wildman–Crippen LogP) is 6.28. The smallest absolute Gasteiger partial charge is 0.306 e. The maximum Gasteiger partial charge on any atom is 0.306 e. The lowest BCUT2D eigenvalue weighted by atomic mass is 9.90. The fourth-order valence-corrected chi connectivity index (χ4v) is 3.33. The summed E-state index contributed by atoms with van der Waals surface area (Å²) < 4.78 is 0. The van der Waals surface area contributed by atoms with Gasteiger partial charge in [-0.15, -0.1) is 0 Å². The molecule has 0 spiro atoms. The summed E-state index contributed by atoms with van der Waals surface area (Å²) in [6.45, 7) is 3.99. The first-order chi connectivity index (χ1) is 11.9. The molecule has 0 rings (SSSR count). The maximum atomic E-state index is 11.1. The van der Waals surface area contributed by atoms with Crippen LogP contribution < -0.4 is 0 Å². The van der Waals surface area contributed by atoms with Crippen LogP contribution in [0.3, 0.4) is 0 Å². The lowest BCUT2D eigenvalue weighted by Gasteiger charge is -2.15. The summed E-state index contributed by atoms with van der Waals surface area (Å²) in [6, 6.07) is 0. The first-order valence-electron chi connectivity index (χ1n) is 10.4. The fourth-order valence-electron chi connectivity index (χ4n) is 3.33. The molecule has 2 N–H and O–H groups in total. The Kier molecular flexibility index (Phi) is 15.7. The van der Waals surface area contributed by atoms with Crippen molar-refractivity contribution >= 4 is 11.9 Å². The van der Waals surface area contributed by atoms with Crippen LogP contribution in [-0.4, -0.2) is 22.2 Å². The normalized spacial score (nSPS) is 12.4. The minimum Gasteiger partial charge on any atom is -0.481 e. The van der Waals surface area contributed by atoms with Crippen molar-refractivity contribution in [2.24, 2.45) is 11.8 Å². The largest absolute Gasteiger partial charge is 0.481 e. The Morgan fingerprint density at radius 2 is 1.00 bits per heavy atom. The highest BCUT2D eigenvalue weighted by Crippen LogP contribution is 2.20. The van der Waals surface area contributed by atoms with E-state index in [1.807, 2.05) is 13.8 Å². The van der Waals surface area contributed by atoms with Crippen LogP contribution in [0.4, 0.5) is 0 Å². The molecule has 0 bridgehead atoms. The van der Waals surface area contributed by atoms with Crippen LogP contribution in [0, 0.1) is 11.8 Å². The molecule has 4 nitrogen and oxygen atoms in total. The van der Waals surface area contributed by atoms with Crippen LogP contribution in [0.25, 0.3) is 0 Å². The average molecular weight is 357 g/mol. The van der Waals surface area contributed by atoms with Gasteiger partial charge in [-0.25, -0.2) is 0 Å². The first-order valence-corrected chi connectivity index (χ1v) is 10.4. The van der Waals surface area contributed by atoms with Gasteiger partial charge in [0.1, 0.15) is 0 Å². The molecule has 0 amide bonds. The molecular weight excluding hydrogens is 316 g/mol. The Labute approximate surface area is 154 Å². The Morgan fingerprint density at radius 3 is 1.32 bits per heavy atom. The summed E-state index contributed by atoms with van der Waals surface area (Å²) in [4.78, 5) is 21.5. The molecule has 25 heavy (non-hydrogen) atoms. The zero-order valence-corrected chi connectivity index (χ0v) is 16.5. The summed E-state index contributed by atoms with van der Waals surface area (Å²) in [7, 11) is 0. The molecule has 0 radical (unpaired) electrons. The number of hydrogen-bond acceptors (Lipinski definition) is 2. The summed E-state index contributed by atoms with van der Waals surface area (Å²) in [6.07, 6.45) is 16.6. The van der Waals surface area contributed by atoms with E-state index >= 15 is 0 Å². The average Bonchev–Trinajstić information content (AvgIpc) is 2.53. The minimum absolute atomic E-state index is 0.177. The van der Waals surface area contributed by atoms with Gasteiger partial charge >= 0.3 is 11.9 Å². The van der Waals surface area contributed by atoms with E-state index in [1.54, 1.807) is 0 Å². The number of carboxylic acids is 2. The Morgan fingerprint density at radius 1 is 0.640 bits per heavy atom. The molecule has 148 valence electrons. The van der Waals surface area contributed by atoms with E-state index in [1.165, 1.54) is 57.8 Å².